The molecule has 1 aliphatic rings. The molecule has 1 amide bonds. The number of nitro benzene ring substituents is 1. The molecule has 1 atom stereocenters. The van der Waals surface area contributed by atoms with Crippen molar-refractivity contribution >= 4 is 24.0 Å². The van der Waals surface area contributed by atoms with Crippen LogP contribution in [0.5, 0.6) is 0 Å². The van der Waals surface area contributed by atoms with E-state index >= 15 is 0 Å². The second-order valence-corrected chi connectivity index (χ2v) is 5.04. The maximum Gasteiger partial charge on any atom is 0.273 e. The van der Waals surface area contributed by atoms with E-state index in [0.717, 1.165) is 19.3 Å². The molecule has 1 aliphatic heterocycles. The lowest BCUT2D eigenvalue weighted by Crippen LogP contribution is -2.48. The number of nitrogens with zero attached hydrogens (tertiary/aromatic N) is 2. The first-order valence-electron chi connectivity index (χ1n) is 6.85. The highest BCUT2D eigenvalue weighted by atomic mass is 35.5. The molecule has 0 saturated carbocycles. The zero-order valence-corrected chi connectivity index (χ0v) is 12.6. The molecule has 0 spiro atoms. The molecule has 21 heavy (non-hydrogen) atoms. The Hall–Kier alpha value is -1.66. The predicted octanol–water partition coefficient (Wildman–Crippen LogP) is 1.90. The summed E-state index contributed by atoms with van der Waals surface area (Å²) >= 11 is 0. The number of carbonyl (C=O) groups excluding carboxylic acids is 1. The first-order chi connectivity index (χ1) is 9.63. The largest absolute Gasteiger partial charge is 0.338 e. The number of likely N-dealkylation sites (tertiary alicyclic amines) is 1. The van der Waals surface area contributed by atoms with Gasteiger partial charge in [-0.2, -0.15) is 0 Å². The Kier molecular flexibility index (Phi) is 6.58. The zero-order chi connectivity index (χ0) is 14.5. The number of hydrogen-bond donors (Lipinski definition) is 1. The van der Waals surface area contributed by atoms with Crippen LogP contribution in [-0.4, -0.2) is 34.9 Å². The fourth-order valence-electron chi connectivity index (χ4n) is 2.68. The number of rotatable bonds is 4. The van der Waals surface area contributed by atoms with Crippen LogP contribution in [-0.2, 0) is 11.2 Å². The van der Waals surface area contributed by atoms with Gasteiger partial charge in [0.25, 0.3) is 5.69 Å². The van der Waals surface area contributed by atoms with Gasteiger partial charge in [-0.3, -0.25) is 14.9 Å². The second kappa shape index (κ2) is 7.95. The van der Waals surface area contributed by atoms with Gasteiger partial charge in [0, 0.05) is 30.8 Å². The number of piperidine rings is 1. The van der Waals surface area contributed by atoms with E-state index in [0.29, 0.717) is 18.7 Å². The highest BCUT2D eigenvalue weighted by Crippen LogP contribution is 2.21. The fourth-order valence-corrected chi connectivity index (χ4v) is 2.68. The van der Waals surface area contributed by atoms with E-state index < -0.39 is 4.92 Å². The Morgan fingerprint density at radius 3 is 2.76 bits per heavy atom. The van der Waals surface area contributed by atoms with Gasteiger partial charge in [0.05, 0.1) is 11.3 Å². The van der Waals surface area contributed by atoms with Crippen molar-refractivity contribution < 1.29 is 9.72 Å². The third kappa shape index (κ3) is 4.15. The number of amides is 1. The lowest BCUT2D eigenvalue weighted by atomic mass is 10.0. The van der Waals surface area contributed by atoms with Crippen LogP contribution in [0.3, 0.4) is 0 Å². The van der Waals surface area contributed by atoms with E-state index in [-0.39, 0.29) is 36.5 Å². The second-order valence-electron chi connectivity index (χ2n) is 5.04. The van der Waals surface area contributed by atoms with Gasteiger partial charge in [-0.05, 0) is 19.3 Å². The minimum Gasteiger partial charge on any atom is -0.338 e. The van der Waals surface area contributed by atoms with Crippen molar-refractivity contribution in [3.8, 4) is 0 Å². The number of carbonyl (C=O) groups is 1. The van der Waals surface area contributed by atoms with Crippen molar-refractivity contribution in [2.45, 2.75) is 31.7 Å². The van der Waals surface area contributed by atoms with Gasteiger partial charge in [-0.1, -0.05) is 18.2 Å². The Labute approximate surface area is 129 Å². The summed E-state index contributed by atoms with van der Waals surface area (Å²) in [6, 6.07) is 6.46. The average Bonchev–Trinajstić information content (AvgIpc) is 2.47. The molecule has 0 bridgehead atoms. The quantitative estimate of drug-likeness (QED) is 0.679. The first kappa shape index (κ1) is 17.4. The monoisotopic (exact) mass is 313 g/mol. The summed E-state index contributed by atoms with van der Waals surface area (Å²) in [5, 5.41) is 11.0. The van der Waals surface area contributed by atoms with E-state index in [1.165, 1.54) is 6.07 Å². The van der Waals surface area contributed by atoms with Gasteiger partial charge in [0.15, 0.2) is 0 Å². The van der Waals surface area contributed by atoms with Gasteiger partial charge in [-0.15, -0.1) is 12.4 Å². The number of para-hydroxylation sites is 1. The molecule has 116 valence electrons. The average molecular weight is 314 g/mol. The summed E-state index contributed by atoms with van der Waals surface area (Å²) < 4.78 is 0. The lowest BCUT2D eigenvalue weighted by Gasteiger charge is -2.35. The summed E-state index contributed by atoms with van der Waals surface area (Å²) in [7, 11) is 0. The topological polar surface area (TPSA) is 89.5 Å². The van der Waals surface area contributed by atoms with E-state index in [9.17, 15) is 14.9 Å². The molecule has 1 aromatic carbocycles. The molecule has 0 radical (unpaired) electrons. The molecular weight excluding hydrogens is 294 g/mol. The third-order valence-corrected chi connectivity index (χ3v) is 3.75. The van der Waals surface area contributed by atoms with Crippen LogP contribution in [0.25, 0.3) is 0 Å². The summed E-state index contributed by atoms with van der Waals surface area (Å²) in [4.78, 5) is 24.7. The lowest BCUT2D eigenvalue weighted by molar-refractivity contribution is -0.385. The van der Waals surface area contributed by atoms with Crippen LogP contribution in [0.1, 0.15) is 24.8 Å². The standard InChI is InChI=1S/C14H19N3O3.ClH/c15-10-12-6-3-4-8-16(12)14(18)9-11-5-1-2-7-13(11)17(19)20;/h1-2,5,7,12H,3-4,6,8-10,15H2;1H. The van der Waals surface area contributed by atoms with Gasteiger partial charge in [0.2, 0.25) is 5.91 Å². The highest BCUT2D eigenvalue weighted by Gasteiger charge is 2.27. The molecule has 1 saturated heterocycles. The number of hydrogen-bond acceptors (Lipinski definition) is 4. The highest BCUT2D eigenvalue weighted by molar-refractivity contribution is 5.85. The zero-order valence-electron chi connectivity index (χ0n) is 11.7. The minimum atomic E-state index is -0.445. The van der Waals surface area contributed by atoms with Crippen molar-refractivity contribution in [1.29, 1.82) is 0 Å². The van der Waals surface area contributed by atoms with Crippen LogP contribution in [0.15, 0.2) is 24.3 Å². The number of nitrogens with two attached hydrogens (primary N) is 1. The normalized spacial score (nSPS) is 18.0. The smallest absolute Gasteiger partial charge is 0.273 e. The third-order valence-electron chi connectivity index (χ3n) is 3.75. The number of nitro groups is 1. The number of halogens is 1. The summed E-state index contributed by atoms with van der Waals surface area (Å²) in [5.41, 5.74) is 6.16. The summed E-state index contributed by atoms with van der Waals surface area (Å²) in [5.74, 6) is -0.0746. The minimum absolute atomic E-state index is 0. The van der Waals surface area contributed by atoms with Crippen molar-refractivity contribution in [2.24, 2.45) is 5.73 Å². The van der Waals surface area contributed by atoms with Gasteiger partial charge in [0.1, 0.15) is 0 Å². The SMILES string of the molecule is Cl.NCC1CCCCN1C(=O)Cc1ccccc1[N+](=O)[O-]. The summed E-state index contributed by atoms with van der Waals surface area (Å²) in [6.07, 6.45) is 3.03. The molecule has 1 unspecified atom stereocenters. The molecule has 2 N–H and O–H groups in total. The molecule has 0 aromatic heterocycles. The van der Waals surface area contributed by atoms with Gasteiger partial charge < -0.3 is 10.6 Å². The fraction of sp³-hybridized carbons (Fsp3) is 0.500. The van der Waals surface area contributed by atoms with E-state index in [4.69, 9.17) is 5.73 Å². The van der Waals surface area contributed by atoms with Crippen molar-refractivity contribution in [1.82, 2.24) is 4.90 Å². The Morgan fingerprint density at radius 2 is 2.10 bits per heavy atom. The maximum absolute atomic E-state index is 12.4. The van der Waals surface area contributed by atoms with Crippen molar-refractivity contribution in [2.75, 3.05) is 13.1 Å². The van der Waals surface area contributed by atoms with Gasteiger partial charge >= 0.3 is 0 Å². The van der Waals surface area contributed by atoms with Crippen LogP contribution in [0.4, 0.5) is 5.69 Å². The van der Waals surface area contributed by atoms with E-state index in [1.54, 1.807) is 23.1 Å². The Morgan fingerprint density at radius 1 is 1.38 bits per heavy atom. The van der Waals surface area contributed by atoms with Crippen LogP contribution < -0.4 is 5.73 Å². The molecule has 6 nitrogen and oxygen atoms in total. The van der Waals surface area contributed by atoms with Gasteiger partial charge in [-0.25, -0.2) is 0 Å². The molecule has 1 fully saturated rings. The molecular formula is C14H20ClN3O3. The van der Waals surface area contributed by atoms with Crippen molar-refractivity contribution in [3.63, 3.8) is 0 Å². The van der Waals surface area contributed by atoms with Crippen LogP contribution >= 0.6 is 12.4 Å². The molecule has 7 heteroatoms. The Balaban J connectivity index is 0.00000220. The summed E-state index contributed by atoms with van der Waals surface area (Å²) in [6.45, 7) is 1.14. The van der Waals surface area contributed by atoms with Crippen molar-refractivity contribution in [3.05, 3.63) is 39.9 Å². The molecule has 0 aliphatic carbocycles. The molecule has 1 heterocycles. The molecule has 2 rings (SSSR count). The van der Waals surface area contributed by atoms with Crippen LogP contribution in [0.2, 0.25) is 0 Å². The van der Waals surface area contributed by atoms with Crippen LogP contribution in [0, 0.1) is 10.1 Å². The predicted molar refractivity (Wildman–Crippen MR) is 82.5 cm³/mol. The number of benzene rings is 1. The first-order valence-corrected chi connectivity index (χ1v) is 6.85. The molecule has 1 aromatic rings. The maximum atomic E-state index is 12.4. The van der Waals surface area contributed by atoms with E-state index in [2.05, 4.69) is 0 Å². The van der Waals surface area contributed by atoms with E-state index in [1.807, 2.05) is 0 Å². The Bertz CT molecular complexity index is 510.